The molecule has 198 valence electrons. The number of halogens is 1. The van der Waals surface area contributed by atoms with Gasteiger partial charge in [0.05, 0.1) is 17.7 Å². The van der Waals surface area contributed by atoms with Crippen LogP contribution in [-0.4, -0.2) is 42.3 Å². The third-order valence-electron chi connectivity index (χ3n) is 6.03. The van der Waals surface area contributed by atoms with Gasteiger partial charge in [-0.25, -0.2) is 12.9 Å². The number of sulfone groups is 1. The third-order valence-corrected chi connectivity index (χ3v) is 7.39. The summed E-state index contributed by atoms with van der Waals surface area (Å²) in [5.74, 6) is 0.513. The number of anilines is 2. The van der Waals surface area contributed by atoms with Crippen molar-refractivity contribution in [1.82, 2.24) is 19.9 Å². The van der Waals surface area contributed by atoms with E-state index in [4.69, 9.17) is 16.3 Å². The van der Waals surface area contributed by atoms with Gasteiger partial charge < -0.3 is 15.4 Å². The second-order valence-corrected chi connectivity index (χ2v) is 11.3. The van der Waals surface area contributed by atoms with Gasteiger partial charge in [0.1, 0.15) is 5.75 Å². The minimum absolute atomic E-state index is 0.155. The molecule has 0 saturated heterocycles. The van der Waals surface area contributed by atoms with Crippen LogP contribution in [-0.2, 0) is 16.4 Å². The molecule has 11 heteroatoms. The molecule has 3 aromatic carbocycles. The molecule has 5 rings (SSSR count). The number of methoxy groups -OCH3 is 1. The molecule has 39 heavy (non-hydrogen) atoms. The Morgan fingerprint density at radius 3 is 2.38 bits per heavy atom. The Morgan fingerprint density at radius 2 is 1.69 bits per heavy atom. The molecule has 2 N–H and O–H groups in total. The summed E-state index contributed by atoms with van der Waals surface area (Å²) >= 11 is 5.91. The largest absolute Gasteiger partial charge is 0.495 e. The van der Waals surface area contributed by atoms with E-state index in [1.165, 1.54) is 19.2 Å². The monoisotopic (exact) mass is 561 g/mol. The van der Waals surface area contributed by atoms with Crippen molar-refractivity contribution < 1.29 is 17.9 Å². The van der Waals surface area contributed by atoms with Crippen molar-refractivity contribution in [2.24, 2.45) is 0 Å². The van der Waals surface area contributed by atoms with Crippen LogP contribution < -0.4 is 15.4 Å². The van der Waals surface area contributed by atoms with Crippen LogP contribution in [0.25, 0.3) is 16.8 Å². The Bertz CT molecular complexity index is 1770. The average Bonchev–Trinajstić information content (AvgIpc) is 3.34. The number of aromatic nitrogens is 3. The van der Waals surface area contributed by atoms with Crippen LogP contribution in [0.2, 0.25) is 5.02 Å². The van der Waals surface area contributed by atoms with Gasteiger partial charge in [-0.1, -0.05) is 35.9 Å². The first kappa shape index (κ1) is 26.2. The number of nitrogens with zero attached hydrogens (tertiary/aromatic N) is 3. The summed E-state index contributed by atoms with van der Waals surface area (Å²) in [6.45, 7) is 0.408. The van der Waals surface area contributed by atoms with Gasteiger partial charge >= 0.3 is 0 Å². The van der Waals surface area contributed by atoms with Crippen molar-refractivity contribution in [3.05, 3.63) is 101 Å². The van der Waals surface area contributed by atoms with Gasteiger partial charge in [-0.2, -0.15) is 4.98 Å². The normalized spacial score (nSPS) is 11.4. The second kappa shape index (κ2) is 10.8. The van der Waals surface area contributed by atoms with Crippen LogP contribution in [0.1, 0.15) is 15.9 Å². The van der Waals surface area contributed by atoms with Crippen LogP contribution in [0.3, 0.4) is 0 Å². The fraction of sp³-hybridized carbons (Fsp3) is 0.107. The van der Waals surface area contributed by atoms with E-state index in [1.54, 1.807) is 34.8 Å². The lowest BCUT2D eigenvalue weighted by Gasteiger charge is -2.10. The number of pyridine rings is 1. The topological polar surface area (TPSA) is 115 Å². The fourth-order valence-electron chi connectivity index (χ4n) is 3.93. The number of ether oxygens (including phenoxy) is 1. The summed E-state index contributed by atoms with van der Waals surface area (Å²) in [5, 5.41) is 11.1. The van der Waals surface area contributed by atoms with Crippen LogP contribution in [0, 0.1) is 0 Å². The molecule has 0 unspecified atom stereocenters. The second-order valence-electron chi connectivity index (χ2n) is 8.80. The van der Waals surface area contributed by atoms with Crippen molar-refractivity contribution in [3.63, 3.8) is 0 Å². The van der Waals surface area contributed by atoms with E-state index in [0.717, 1.165) is 22.9 Å². The van der Waals surface area contributed by atoms with Gasteiger partial charge in [0.15, 0.2) is 15.5 Å². The molecule has 2 heterocycles. The van der Waals surface area contributed by atoms with Gasteiger partial charge in [0, 0.05) is 41.2 Å². The quantitative estimate of drug-likeness (QED) is 0.270. The smallest absolute Gasteiger partial charge is 0.251 e. The maximum atomic E-state index is 12.6. The Kier molecular flexibility index (Phi) is 7.23. The van der Waals surface area contributed by atoms with E-state index in [0.29, 0.717) is 40.2 Å². The zero-order valence-corrected chi connectivity index (χ0v) is 22.6. The molecule has 0 saturated carbocycles. The summed E-state index contributed by atoms with van der Waals surface area (Å²) in [7, 11) is -1.91. The lowest BCUT2D eigenvalue weighted by molar-refractivity contribution is 0.0951. The van der Waals surface area contributed by atoms with E-state index in [-0.39, 0.29) is 10.8 Å². The van der Waals surface area contributed by atoms with E-state index in [9.17, 15) is 13.2 Å². The maximum absolute atomic E-state index is 12.6. The van der Waals surface area contributed by atoms with Gasteiger partial charge in [-0.3, -0.25) is 4.79 Å². The molecule has 0 aliphatic rings. The third kappa shape index (κ3) is 6.02. The van der Waals surface area contributed by atoms with Crippen molar-refractivity contribution in [2.45, 2.75) is 11.4 Å². The van der Waals surface area contributed by atoms with Gasteiger partial charge in [-0.15, -0.1) is 5.10 Å². The Morgan fingerprint density at radius 1 is 0.974 bits per heavy atom. The van der Waals surface area contributed by atoms with Crippen molar-refractivity contribution >= 4 is 44.6 Å². The molecule has 0 aliphatic heterocycles. The maximum Gasteiger partial charge on any atom is 0.251 e. The summed E-state index contributed by atoms with van der Waals surface area (Å²) in [6.07, 6.45) is 2.98. The number of hydrogen-bond acceptors (Lipinski definition) is 7. The predicted octanol–water partition coefficient (Wildman–Crippen LogP) is 5.14. The number of fused-ring (bicyclic) bond motifs is 1. The van der Waals surface area contributed by atoms with Crippen molar-refractivity contribution in [3.8, 4) is 16.9 Å². The Balaban J connectivity index is 1.30. The molecule has 9 nitrogen and oxygen atoms in total. The predicted molar refractivity (Wildman–Crippen MR) is 150 cm³/mol. The van der Waals surface area contributed by atoms with Gasteiger partial charge in [-0.05, 0) is 59.7 Å². The molecule has 0 fully saturated rings. The summed E-state index contributed by atoms with van der Waals surface area (Å²) < 4.78 is 30.7. The molecular formula is C28H24ClN5O4S. The zero-order chi connectivity index (χ0) is 27.6. The Labute approximate surface area is 230 Å². The highest BCUT2D eigenvalue weighted by molar-refractivity contribution is 7.90. The lowest BCUT2D eigenvalue weighted by Crippen LogP contribution is -2.22. The molecule has 5 aromatic rings. The molecule has 1 amide bonds. The number of rotatable bonds is 8. The molecular weight excluding hydrogens is 538 g/mol. The standard InChI is InChI=1S/C28H24ClN5O4S/c1-38-25-15-23(39(2,36)37)12-13-24(25)31-28-32-26-14-9-21(17-34(26)33-28)19-5-7-20(8-6-19)27(35)30-16-18-3-10-22(29)11-4-18/h3-15,17H,16H2,1-2H3,(H,30,35)(H,31,33). The van der Waals surface area contributed by atoms with Crippen LogP contribution in [0.5, 0.6) is 5.75 Å². The minimum Gasteiger partial charge on any atom is -0.495 e. The summed E-state index contributed by atoms with van der Waals surface area (Å²) in [6, 6.07) is 22.9. The number of hydrogen-bond donors (Lipinski definition) is 2. The van der Waals surface area contributed by atoms with Crippen LogP contribution in [0.4, 0.5) is 11.6 Å². The average molecular weight is 562 g/mol. The first-order valence-corrected chi connectivity index (χ1v) is 14.1. The van der Waals surface area contributed by atoms with Gasteiger partial charge in [0.25, 0.3) is 5.91 Å². The van der Waals surface area contributed by atoms with Gasteiger partial charge in [0.2, 0.25) is 5.95 Å². The first-order valence-electron chi connectivity index (χ1n) is 11.8. The molecule has 0 spiro atoms. The number of carbonyl (C=O) groups is 1. The molecule has 0 atom stereocenters. The highest BCUT2D eigenvalue weighted by Gasteiger charge is 2.14. The number of carbonyl (C=O) groups excluding carboxylic acids is 1. The van der Waals surface area contributed by atoms with E-state index < -0.39 is 9.84 Å². The lowest BCUT2D eigenvalue weighted by atomic mass is 10.1. The number of nitrogens with one attached hydrogen (secondary N) is 2. The Hall–Kier alpha value is -4.41. The van der Waals surface area contributed by atoms with E-state index >= 15 is 0 Å². The van der Waals surface area contributed by atoms with Crippen LogP contribution >= 0.6 is 11.6 Å². The number of benzene rings is 3. The molecule has 2 aromatic heterocycles. The fourth-order valence-corrected chi connectivity index (χ4v) is 4.70. The van der Waals surface area contributed by atoms with Crippen LogP contribution in [0.15, 0.2) is 90.0 Å². The minimum atomic E-state index is -3.37. The number of amides is 1. The highest BCUT2D eigenvalue weighted by Crippen LogP contribution is 2.30. The van der Waals surface area contributed by atoms with E-state index in [1.807, 2.05) is 42.6 Å². The summed E-state index contributed by atoms with van der Waals surface area (Å²) in [5.41, 5.74) is 4.47. The van der Waals surface area contributed by atoms with E-state index in [2.05, 4.69) is 20.7 Å². The van der Waals surface area contributed by atoms with Crippen molar-refractivity contribution in [1.29, 1.82) is 0 Å². The zero-order valence-electron chi connectivity index (χ0n) is 21.1. The molecule has 0 radical (unpaired) electrons. The SMILES string of the molecule is COc1cc(S(C)(=O)=O)ccc1Nc1nc2ccc(-c3ccc(C(=O)NCc4ccc(Cl)cc4)cc3)cn2n1. The summed E-state index contributed by atoms with van der Waals surface area (Å²) in [4.78, 5) is 17.2. The first-order chi connectivity index (χ1) is 18.7. The van der Waals surface area contributed by atoms with Crippen molar-refractivity contribution in [2.75, 3.05) is 18.7 Å². The highest BCUT2D eigenvalue weighted by atomic mass is 35.5. The molecule has 0 aliphatic carbocycles. The molecule has 0 bridgehead atoms.